The number of unbranched alkanes of at least 4 members (excludes halogenated alkanes) is 10. The first-order valence-electron chi connectivity index (χ1n) is 11.5. The molecule has 0 spiro atoms. The zero-order valence-electron chi connectivity index (χ0n) is 18.6. The highest BCUT2D eigenvalue weighted by Gasteiger charge is 2.18. The van der Waals surface area contributed by atoms with Gasteiger partial charge in [-0.2, -0.15) is 8.42 Å². The molecule has 0 saturated carbocycles. The van der Waals surface area contributed by atoms with E-state index in [-0.39, 0.29) is 16.4 Å². The highest BCUT2D eigenvalue weighted by molar-refractivity contribution is 7.85. The van der Waals surface area contributed by atoms with Crippen LogP contribution in [-0.2, 0) is 16.5 Å². The molecule has 0 unspecified atom stereocenters. The quantitative estimate of drug-likeness (QED) is 0.221. The summed E-state index contributed by atoms with van der Waals surface area (Å²) in [6, 6.07) is 11.3. The van der Waals surface area contributed by atoms with Gasteiger partial charge in [0.05, 0.1) is 0 Å². The normalized spacial score (nSPS) is 11.5. The third kappa shape index (κ3) is 9.32. The van der Waals surface area contributed by atoms with Crippen LogP contribution in [0.3, 0.4) is 0 Å². The van der Waals surface area contributed by atoms with Crippen LogP contribution < -0.4 is 4.74 Å². The summed E-state index contributed by atoms with van der Waals surface area (Å²) in [5.74, 6) is 0.619. The summed E-state index contributed by atoms with van der Waals surface area (Å²) in [7, 11) is -4.44. The first kappa shape index (κ1) is 25.2. The molecule has 0 aliphatic carbocycles. The van der Waals surface area contributed by atoms with Gasteiger partial charge in [0.1, 0.15) is 22.1 Å². The van der Waals surface area contributed by atoms with Crippen molar-refractivity contribution in [2.75, 3.05) is 0 Å². The molecule has 31 heavy (non-hydrogen) atoms. The van der Waals surface area contributed by atoms with Crippen molar-refractivity contribution in [1.29, 1.82) is 0 Å². The molecule has 0 aromatic heterocycles. The topological polar surface area (TPSA) is 83.8 Å². The van der Waals surface area contributed by atoms with E-state index in [9.17, 15) is 18.1 Å². The number of aromatic hydroxyl groups is 1. The maximum atomic E-state index is 11.5. The molecule has 2 aromatic rings. The molecule has 0 aliphatic rings. The Hall–Kier alpha value is -2.05. The van der Waals surface area contributed by atoms with Crippen LogP contribution in [0.4, 0.5) is 0 Å². The Morgan fingerprint density at radius 1 is 0.806 bits per heavy atom. The van der Waals surface area contributed by atoms with Gasteiger partial charge in [-0.3, -0.25) is 4.55 Å². The van der Waals surface area contributed by atoms with E-state index in [2.05, 4.69) is 6.92 Å². The molecule has 0 saturated heterocycles. The molecule has 2 rings (SSSR count). The Morgan fingerprint density at radius 3 is 1.90 bits per heavy atom. The van der Waals surface area contributed by atoms with E-state index in [1.165, 1.54) is 57.4 Å². The van der Waals surface area contributed by atoms with Gasteiger partial charge in [0, 0.05) is 17.7 Å². The fourth-order valence-corrected chi connectivity index (χ4v) is 4.20. The number of hydrogen-bond acceptors (Lipinski definition) is 4. The van der Waals surface area contributed by atoms with Crippen molar-refractivity contribution in [3.05, 3.63) is 48.0 Å². The molecule has 172 valence electrons. The highest BCUT2D eigenvalue weighted by atomic mass is 32.2. The molecule has 2 aromatic carbocycles. The van der Waals surface area contributed by atoms with Crippen molar-refractivity contribution in [1.82, 2.24) is 0 Å². The second-order valence-corrected chi connectivity index (χ2v) is 9.52. The van der Waals surface area contributed by atoms with Crippen LogP contribution in [0.1, 0.15) is 83.1 Å². The molecule has 0 atom stereocenters. The number of benzene rings is 2. The molecular weight excluding hydrogens is 412 g/mol. The summed E-state index contributed by atoms with van der Waals surface area (Å²) in [6.07, 6.45) is 14.1. The summed E-state index contributed by atoms with van der Waals surface area (Å²) in [6.45, 7) is 2.24. The van der Waals surface area contributed by atoms with Crippen molar-refractivity contribution in [3.63, 3.8) is 0 Å². The van der Waals surface area contributed by atoms with E-state index in [1.807, 2.05) is 18.2 Å². The Balaban J connectivity index is 1.88. The minimum absolute atomic E-state index is 0.173. The van der Waals surface area contributed by atoms with Crippen molar-refractivity contribution in [2.24, 2.45) is 0 Å². The van der Waals surface area contributed by atoms with Gasteiger partial charge in [-0.25, -0.2) is 0 Å². The maximum Gasteiger partial charge on any atom is 0.294 e. The summed E-state index contributed by atoms with van der Waals surface area (Å²) < 4.78 is 38.3. The van der Waals surface area contributed by atoms with Crippen LogP contribution in [0.5, 0.6) is 17.2 Å². The Bertz CT molecular complexity index is 878. The van der Waals surface area contributed by atoms with E-state index in [0.29, 0.717) is 17.7 Å². The van der Waals surface area contributed by atoms with Crippen molar-refractivity contribution in [2.45, 2.75) is 88.9 Å². The van der Waals surface area contributed by atoms with E-state index in [0.717, 1.165) is 25.3 Å². The lowest BCUT2D eigenvalue weighted by molar-refractivity contribution is 0.434. The van der Waals surface area contributed by atoms with Gasteiger partial charge in [-0.15, -0.1) is 0 Å². The van der Waals surface area contributed by atoms with Gasteiger partial charge in [-0.1, -0.05) is 89.3 Å². The number of ether oxygens (including phenoxy) is 1. The van der Waals surface area contributed by atoms with E-state index in [4.69, 9.17) is 4.74 Å². The molecule has 0 heterocycles. The zero-order valence-corrected chi connectivity index (χ0v) is 19.4. The number of phenolic OH excluding ortho intramolecular Hbond substituents is 1. The summed E-state index contributed by atoms with van der Waals surface area (Å²) >= 11 is 0. The fourth-order valence-electron chi connectivity index (χ4n) is 3.68. The first-order chi connectivity index (χ1) is 14.9. The van der Waals surface area contributed by atoms with Crippen molar-refractivity contribution < 1.29 is 22.8 Å². The Labute approximate surface area is 187 Å². The predicted octanol–water partition coefficient (Wildman–Crippen LogP) is 7.28. The van der Waals surface area contributed by atoms with Gasteiger partial charge in [0.2, 0.25) is 0 Å². The molecular formula is C25H36O5S. The number of phenols is 1. The SMILES string of the molecule is CCCCCCCCCCCCCc1c(O)cc(S(=O)(=O)O)cc1Oc1ccccc1. The van der Waals surface area contributed by atoms with Gasteiger partial charge in [0.15, 0.2) is 0 Å². The molecule has 0 amide bonds. The van der Waals surface area contributed by atoms with Crippen LogP contribution in [0.15, 0.2) is 47.4 Å². The van der Waals surface area contributed by atoms with Crippen LogP contribution in [0.25, 0.3) is 0 Å². The third-order valence-electron chi connectivity index (χ3n) is 5.46. The zero-order chi connectivity index (χ0) is 22.5. The maximum absolute atomic E-state index is 11.5. The first-order valence-corrected chi connectivity index (χ1v) is 12.9. The largest absolute Gasteiger partial charge is 0.507 e. The monoisotopic (exact) mass is 448 g/mol. The molecule has 2 N–H and O–H groups in total. The lowest BCUT2D eigenvalue weighted by Gasteiger charge is -2.14. The average molecular weight is 449 g/mol. The van der Waals surface area contributed by atoms with Crippen LogP contribution in [-0.4, -0.2) is 18.1 Å². The Kier molecular flexibility index (Phi) is 10.9. The van der Waals surface area contributed by atoms with Gasteiger partial charge < -0.3 is 9.84 Å². The summed E-state index contributed by atoms with van der Waals surface area (Å²) in [4.78, 5) is -0.376. The van der Waals surface area contributed by atoms with E-state index < -0.39 is 10.1 Å². The molecule has 5 nitrogen and oxygen atoms in total. The Morgan fingerprint density at radius 2 is 1.35 bits per heavy atom. The lowest BCUT2D eigenvalue weighted by Crippen LogP contribution is -2.01. The number of para-hydroxylation sites is 1. The third-order valence-corrected chi connectivity index (χ3v) is 6.29. The molecule has 0 aliphatic heterocycles. The standard InChI is InChI=1S/C25H36O5S/c1-2-3-4-5-6-7-8-9-10-11-15-18-23-24(26)19-22(31(27,28)29)20-25(23)30-21-16-13-12-14-17-21/h12-14,16-17,19-20,26H,2-11,15,18H2,1H3,(H,27,28,29). The summed E-state index contributed by atoms with van der Waals surface area (Å²) in [5.41, 5.74) is 0.562. The summed E-state index contributed by atoms with van der Waals surface area (Å²) in [5, 5.41) is 10.4. The van der Waals surface area contributed by atoms with Crippen LogP contribution in [0, 0.1) is 0 Å². The van der Waals surface area contributed by atoms with Crippen LogP contribution >= 0.6 is 0 Å². The smallest absolute Gasteiger partial charge is 0.294 e. The van der Waals surface area contributed by atoms with Crippen LogP contribution in [0.2, 0.25) is 0 Å². The minimum Gasteiger partial charge on any atom is -0.507 e. The second-order valence-electron chi connectivity index (χ2n) is 8.09. The lowest BCUT2D eigenvalue weighted by atomic mass is 10.0. The number of rotatable bonds is 15. The van der Waals surface area contributed by atoms with Crippen molar-refractivity contribution in [3.8, 4) is 17.2 Å². The molecule has 0 fully saturated rings. The average Bonchev–Trinajstić information content (AvgIpc) is 2.73. The van der Waals surface area contributed by atoms with Gasteiger partial charge in [0.25, 0.3) is 10.1 Å². The van der Waals surface area contributed by atoms with E-state index >= 15 is 0 Å². The fraction of sp³-hybridized carbons (Fsp3) is 0.520. The molecule has 0 radical (unpaired) electrons. The second kappa shape index (κ2) is 13.4. The minimum atomic E-state index is -4.44. The highest BCUT2D eigenvalue weighted by Crippen LogP contribution is 2.36. The van der Waals surface area contributed by atoms with E-state index in [1.54, 1.807) is 12.1 Å². The van der Waals surface area contributed by atoms with Gasteiger partial charge in [-0.05, 0) is 25.0 Å². The van der Waals surface area contributed by atoms with Crippen molar-refractivity contribution >= 4 is 10.1 Å². The van der Waals surface area contributed by atoms with Gasteiger partial charge >= 0.3 is 0 Å². The molecule has 6 heteroatoms. The number of hydrogen-bond donors (Lipinski definition) is 2. The predicted molar refractivity (Wildman–Crippen MR) is 125 cm³/mol. The molecule has 0 bridgehead atoms.